The first-order chi connectivity index (χ1) is 13.4. The van der Waals surface area contributed by atoms with E-state index in [1.165, 1.54) is 11.8 Å². The lowest BCUT2D eigenvalue weighted by Gasteiger charge is -2.09. The van der Waals surface area contributed by atoms with Gasteiger partial charge in [-0.05, 0) is 65.8 Å². The van der Waals surface area contributed by atoms with E-state index < -0.39 is 0 Å². The number of benzene rings is 2. The number of aryl methyl sites for hydroxylation is 2. The lowest BCUT2D eigenvalue weighted by molar-refractivity contribution is -0.113. The molecule has 0 saturated heterocycles. The Bertz CT molecular complexity index is 1050. The number of aromatic nitrogens is 2. The van der Waals surface area contributed by atoms with Crippen LogP contribution in [0.3, 0.4) is 0 Å². The van der Waals surface area contributed by atoms with E-state index in [0.29, 0.717) is 22.8 Å². The molecule has 0 fully saturated rings. The zero-order valence-electron chi connectivity index (χ0n) is 15.6. The molecule has 7 heteroatoms. The summed E-state index contributed by atoms with van der Waals surface area (Å²) in [5, 5.41) is 3.35. The molecule has 28 heavy (non-hydrogen) atoms. The van der Waals surface area contributed by atoms with Crippen molar-refractivity contribution in [2.45, 2.75) is 25.4 Å². The average Bonchev–Trinajstić information content (AvgIpc) is 2.66. The predicted octanol–water partition coefficient (Wildman–Crippen LogP) is 4.31. The summed E-state index contributed by atoms with van der Waals surface area (Å²) in [5.41, 5.74) is 4.04. The van der Waals surface area contributed by atoms with Gasteiger partial charge >= 0.3 is 0 Å². The van der Waals surface area contributed by atoms with Crippen LogP contribution in [0.1, 0.15) is 22.4 Å². The zero-order valence-corrected chi connectivity index (χ0v) is 18.6. The normalized spacial score (nSPS) is 10.7. The summed E-state index contributed by atoms with van der Waals surface area (Å²) in [6.45, 7) is 3.78. The second-order valence-corrected chi connectivity index (χ2v) is 8.60. The molecule has 5 nitrogen and oxygen atoms in total. The van der Waals surface area contributed by atoms with Gasteiger partial charge in [-0.3, -0.25) is 9.59 Å². The molecule has 0 aliphatic rings. The minimum absolute atomic E-state index is 0.136. The van der Waals surface area contributed by atoms with Gasteiger partial charge in [-0.1, -0.05) is 42.1 Å². The van der Waals surface area contributed by atoms with E-state index >= 15 is 0 Å². The van der Waals surface area contributed by atoms with Gasteiger partial charge in [0, 0.05) is 26.9 Å². The molecule has 3 rings (SSSR count). The molecular weight excluding hydrogens is 485 g/mol. The predicted molar refractivity (Wildman–Crippen MR) is 122 cm³/mol. The molecule has 0 unspecified atom stereocenters. The molecule has 1 amide bonds. The van der Waals surface area contributed by atoms with Crippen LogP contribution in [-0.4, -0.2) is 21.6 Å². The first kappa shape index (κ1) is 20.6. The Balaban J connectivity index is 1.64. The van der Waals surface area contributed by atoms with E-state index in [0.717, 1.165) is 20.4 Å². The number of hydrogen-bond donors (Lipinski definition) is 2. The van der Waals surface area contributed by atoms with Crippen LogP contribution in [0, 0.1) is 17.4 Å². The van der Waals surface area contributed by atoms with Crippen LogP contribution >= 0.6 is 34.4 Å². The highest BCUT2D eigenvalue weighted by Crippen LogP contribution is 2.19. The van der Waals surface area contributed by atoms with E-state index in [1.54, 1.807) is 0 Å². The average molecular weight is 505 g/mol. The molecular formula is C21H20IN3O2S. The highest BCUT2D eigenvalue weighted by Gasteiger charge is 2.11. The van der Waals surface area contributed by atoms with Gasteiger partial charge in [0.2, 0.25) is 5.91 Å². The van der Waals surface area contributed by atoms with Gasteiger partial charge in [0.25, 0.3) is 5.56 Å². The Labute approximate surface area is 181 Å². The van der Waals surface area contributed by atoms with Crippen LogP contribution < -0.4 is 10.9 Å². The number of carbonyl (C=O) groups is 1. The lowest BCUT2D eigenvalue weighted by atomic mass is 10.1. The van der Waals surface area contributed by atoms with E-state index in [-0.39, 0.29) is 17.2 Å². The van der Waals surface area contributed by atoms with Crippen LogP contribution in [0.2, 0.25) is 0 Å². The lowest BCUT2D eigenvalue weighted by Crippen LogP contribution is -2.19. The topological polar surface area (TPSA) is 74.8 Å². The zero-order chi connectivity index (χ0) is 20.1. The fourth-order valence-corrected chi connectivity index (χ4v) is 4.10. The SMILES string of the molecule is Cc1cc(I)ccc1NC(=O)CSc1nc(C)c(Cc2ccccc2)c(=O)[nH]1. The Morgan fingerprint density at radius 1 is 1.18 bits per heavy atom. The molecule has 0 saturated carbocycles. The number of thioether (sulfide) groups is 1. The van der Waals surface area contributed by atoms with Crippen LogP contribution in [0.4, 0.5) is 5.69 Å². The van der Waals surface area contributed by atoms with Gasteiger partial charge in [-0.2, -0.15) is 0 Å². The van der Waals surface area contributed by atoms with E-state index in [2.05, 4.69) is 37.9 Å². The molecule has 0 bridgehead atoms. The minimum atomic E-state index is -0.159. The summed E-state index contributed by atoms with van der Waals surface area (Å²) in [4.78, 5) is 32.0. The maximum atomic E-state index is 12.5. The number of anilines is 1. The summed E-state index contributed by atoms with van der Waals surface area (Å²) in [6, 6.07) is 15.7. The van der Waals surface area contributed by atoms with Crippen molar-refractivity contribution in [3.05, 3.63) is 84.8 Å². The Hall–Kier alpha value is -2.13. The molecule has 2 aromatic carbocycles. The standard InChI is InChI=1S/C21H20IN3O2S/c1-13-10-16(22)8-9-18(13)24-19(26)12-28-21-23-14(2)17(20(27)25-21)11-15-6-4-3-5-7-15/h3-10H,11-12H2,1-2H3,(H,24,26)(H,23,25,27). The summed E-state index contributed by atoms with van der Waals surface area (Å²) < 4.78 is 1.12. The van der Waals surface area contributed by atoms with Crippen molar-refractivity contribution in [2.75, 3.05) is 11.1 Å². The summed E-state index contributed by atoms with van der Waals surface area (Å²) in [7, 11) is 0. The number of H-pyrrole nitrogens is 1. The molecule has 0 atom stereocenters. The number of halogens is 1. The molecule has 0 aliphatic heterocycles. The van der Waals surface area contributed by atoms with Crippen LogP contribution in [0.5, 0.6) is 0 Å². The number of amides is 1. The summed E-state index contributed by atoms with van der Waals surface area (Å²) in [6.07, 6.45) is 0.534. The molecule has 1 aromatic heterocycles. The highest BCUT2D eigenvalue weighted by molar-refractivity contribution is 14.1. The smallest absolute Gasteiger partial charge is 0.255 e. The molecule has 144 valence electrons. The van der Waals surface area contributed by atoms with Crippen LogP contribution in [-0.2, 0) is 11.2 Å². The second kappa shape index (κ2) is 9.38. The molecule has 0 aliphatic carbocycles. The van der Waals surface area contributed by atoms with Crippen molar-refractivity contribution in [3.8, 4) is 0 Å². The maximum Gasteiger partial charge on any atom is 0.255 e. The first-order valence-electron chi connectivity index (χ1n) is 8.75. The number of hydrogen-bond acceptors (Lipinski definition) is 4. The third kappa shape index (κ3) is 5.45. The Kier molecular flexibility index (Phi) is 6.90. The van der Waals surface area contributed by atoms with Crippen molar-refractivity contribution in [1.82, 2.24) is 9.97 Å². The van der Waals surface area contributed by atoms with E-state index in [1.807, 2.05) is 62.4 Å². The Morgan fingerprint density at radius 2 is 1.93 bits per heavy atom. The van der Waals surface area contributed by atoms with Crippen molar-refractivity contribution in [2.24, 2.45) is 0 Å². The molecule has 3 aromatic rings. The third-order valence-corrected chi connectivity index (χ3v) is 5.77. The summed E-state index contributed by atoms with van der Waals surface area (Å²) >= 11 is 3.46. The second-order valence-electron chi connectivity index (χ2n) is 6.39. The largest absolute Gasteiger partial charge is 0.325 e. The van der Waals surface area contributed by atoms with Crippen molar-refractivity contribution < 1.29 is 4.79 Å². The van der Waals surface area contributed by atoms with Crippen molar-refractivity contribution in [1.29, 1.82) is 0 Å². The number of nitrogens with zero attached hydrogens (tertiary/aromatic N) is 1. The third-order valence-electron chi connectivity index (χ3n) is 4.23. The van der Waals surface area contributed by atoms with Gasteiger partial charge in [-0.25, -0.2) is 4.98 Å². The quantitative estimate of drug-likeness (QED) is 0.298. The van der Waals surface area contributed by atoms with Gasteiger partial charge < -0.3 is 10.3 Å². The van der Waals surface area contributed by atoms with Crippen molar-refractivity contribution >= 4 is 45.9 Å². The fraction of sp³-hybridized carbons (Fsp3) is 0.190. The van der Waals surface area contributed by atoms with E-state index in [9.17, 15) is 9.59 Å². The first-order valence-corrected chi connectivity index (χ1v) is 10.8. The van der Waals surface area contributed by atoms with Gasteiger partial charge in [0.15, 0.2) is 5.16 Å². The van der Waals surface area contributed by atoms with Crippen LogP contribution in [0.25, 0.3) is 0 Å². The van der Waals surface area contributed by atoms with Crippen LogP contribution in [0.15, 0.2) is 58.5 Å². The number of aromatic amines is 1. The Morgan fingerprint density at radius 3 is 2.61 bits per heavy atom. The maximum absolute atomic E-state index is 12.5. The number of nitrogens with one attached hydrogen (secondary N) is 2. The van der Waals surface area contributed by atoms with Crippen molar-refractivity contribution in [3.63, 3.8) is 0 Å². The fourth-order valence-electron chi connectivity index (χ4n) is 2.75. The van der Waals surface area contributed by atoms with Gasteiger partial charge in [0.05, 0.1) is 5.75 Å². The summed E-state index contributed by atoms with van der Waals surface area (Å²) in [5.74, 6) is 0.0363. The molecule has 0 radical (unpaired) electrons. The highest BCUT2D eigenvalue weighted by atomic mass is 127. The monoisotopic (exact) mass is 505 g/mol. The minimum Gasteiger partial charge on any atom is -0.325 e. The molecule has 1 heterocycles. The number of rotatable bonds is 6. The van der Waals surface area contributed by atoms with Gasteiger partial charge in [-0.15, -0.1) is 0 Å². The molecule has 0 spiro atoms. The van der Waals surface area contributed by atoms with Gasteiger partial charge in [0.1, 0.15) is 0 Å². The number of carbonyl (C=O) groups excluding carboxylic acids is 1. The molecule has 2 N–H and O–H groups in total. The van der Waals surface area contributed by atoms with E-state index in [4.69, 9.17) is 0 Å².